The highest BCUT2D eigenvalue weighted by Crippen LogP contribution is 2.20. The average molecular weight is 282 g/mol. The summed E-state index contributed by atoms with van der Waals surface area (Å²) in [5.74, 6) is -0.570. The molecule has 1 aromatic heterocycles. The number of alkyl halides is 2. The van der Waals surface area contributed by atoms with Crippen molar-refractivity contribution in [3.63, 3.8) is 0 Å². The zero-order valence-corrected chi connectivity index (χ0v) is 10.4. The van der Waals surface area contributed by atoms with Gasteiger partial charge in [0.2, 0.25) is 0 Å². The molecule has 0 spiro atoms. The molecule has 0 saturated heterocycles. The van der Waals surface area contributed by atoms with Crippen LogP contribution in [0.3, 0.4) is 0 Å². The minimum atomic E-state index is -2.69. The average Bonchev–Trinajstić information content (AvgIpc) is 2.85. The highest BCUT2D eigenvalue weighted by molar-refractivity contribution is 5.71. The van der Waals surface area contributed by atoms with Crippen molar-refractivity contribution in [1.29, 1.82) is 0 Å². The Balaban J connectivity index is 2.11. The number of aliphatic carboxylic acids is 1. The minimum Gasteiger partial charge on any atom is -0.485 e. The molecular weight excluding hydrogens is 270 g/mol. The Morgan fingerprint density at radius 2 is 2.15 bits per heavy atom. The van der Waals surface area contributed by atoms with Crippen molar-refractivity contribution in [2.45, 2.75) is 19.6 Å². The van der Waals surface area contributed by atoms with E-state index in [1.807, 2.05) is 0 Å². The maximum Gasteiger partial charge on any atom is 0.320 e. The van der Waals surface area contributed by atoms with E-state index in [0.717, 1.165) is 6.20 Å². The predicted molar refractivity (Wildman–Crippen MR) is 65.6 cm³/mol. The third-order valence-electron chi connectivity index (χ3n) is 2.63. The molecular formula is C13H12F2N2O3. The molecule has 0 atom stereocenters. The summed E-state index contributed by atoms with van der Waals surface area (Å²) in [5, 5.41) is 8.79. The highest BCUT2D eigenvalue weighted by atomic mass is 19.3. The van der Waals surface area contributed by atoms with Crippen LogP contribution in [0.1, 0.15) is 17.9 Å². The molecule has 20 heavy (non-hydrogen) atoms. The Morgan fingerprint density at radius 1 is 1.40 bits per heavy atom. The number of imidazole rings is 1. The lowest BCUT2D eigenvalue weighted by Crippen LogP contribution is -2.09. The number of halogens is 2. The lowest BCUT2D eigenvalue weighted by atomic mass is 10.1. The first-order chi connectivity index (χ1) is 9.58. The van der Waals surface area contributed by atoms with Crippen molar-refractivity contribution < 1.29 is 23.4 Å². The van der Waals surface area contributed by atoms with Crippen molar-refractivity contribution in [1.82, 2.24) is 9.55 Å². The van der Waals surface area contributed by atoms with Crippen LogP contribution in [-0.2, 0) is 17.8 Å². The number of hydrogen-bond donors (Lipinski definition) is 1. The second-order valence-electron chi connectivity index (χ2n) is 4.00. The number of carboxylic acids is 1. The lowest BCUT2D eigenvalue weighted by Gasteiger charge is -2.11. The second-order valence-corrected chi connectivity index (χ2v) is 4.00. The molecule has 0 aliphatic heterocycles. The van der Waals surface area contributed by atoms with Gasteiger partial charge in [-0.3, -0.25) is 9.36 Å². The zero-order valence-electron chi connectivity index (χ0n) is 10.4. The summed E-state index contributed by atoms with van der Waals surface area (Å²) < 4.78 is 31.3. The van der Waals surface area contributed by atoms with Crippen LogP contribution >= 0.6 is 0 Å². The fraction of sp³-hybridized carbons (Fsp3) is 0.231. The third-order valence-corrected chi connectivity index (χ3v) is 2.63. The fourth-order valence-corrected chi connectivity index (χ4v) is 1.73. The van der Waals surface area contributed by atoms with E-state index in [2.05, 4.69) is 4.98 Å². The standard InChI is InChI=1S/C13H12F2N2O3/c14-13(15)17-6-5-16-11(17)8-20-10-4-2-1-3-9(10)7-12(18)19/h1-6,13H,7-8H2,(H,18,19). The predicted octanol–water partition coefficient (Wildman–Crippen LogP) is 2.48. The van der Waals surface area contributed by atoms with Crippen LogP contribution in [0, 0.1) is 0 Å². The summed E-state index contributed by atoms with van der Waals surface area (Å²) in [6.07, 6.45) is 2.22. The molecule has 0 bridgehead atoms. The van der Waals surface area contributed by atoms with E-state index in [9.17, 15) is 13.6 Å². The SMILES string of the molecule is O=C(O)Cc1ccccc1OCc1nccn1C(F)F. The van der Waals surface area contributed by atoms with Gasteiger partial charge in [0.25, 0.3) is 0 Å². The van der Waals surface area contributed by atoms with Gasteiger partial charge in [-0.2, -0.15) is 8.78 Å². The molecule has 0 fully saturated rings. The van der Waals surface area contributed by atoms with Crippen LogP contribution < -0.4 is 4.74 Å². The Kier molecular flexibility index (Phi) is 4.29. The van der Waals surface area contributed by atoms with E-state index in [0.29, 0.717) is 15.9 Å². The van der Waals surface area contributed by atoms with Gasteiger partial charge in [0.05, 0.1) is 6.42 Å². The normalized spacial score (nSPS) is 10.8. The number of para-hydroxylation sites is 1. The van der Waals surface area contributed by atoms with Gasteiger partial charge in [0, 0.05) is 18.0 Å². The number of benzene rings is 1. The quantitative estimate of drug-likeness (QED) is 0.884. The number of carbonyl (C=O) groups is 1. The van der Waals surface area contributed by atoms with E-state index in [1.165, 1.54) is 6.20 Å². The largest absolute Gasteiger partial charge is 0.485 e. The van der Waals surface area contributed by atoms with Gasteiger partial charge in [-0.15, -0.1) is 0 Å². The lowest BCUT2D eigenvalue weighted by molar-refractivity contribution is -0.136. The number of nitrogens with zero attached hydrogens (tertiary/aromatic N) is 2. The summed E-state index contributed by atoms with van der Waals surface area (Å²) in [4.78, 5) is 14.5. The second kappa shape index (κ2) is 6.14. The van der Waals surface area contributed by atoms with Gasteiger partial charge in [0.15, 0.2) is 5.82 Å². The maximum absolute atomic E-state index is 12.6. The molecule has 1 heterocycles. The molecule has 0 radical (unpaired) electrons. The van der Waals surface area contributed by atoms with E-state index < -0.39 is 12.5 Å². The topological polar surface area (TPSA) is 64.3 Å². The summed E-state index contributed by atoms with van der Waals surface area (Å²) in [7, 11) is 0. The molecule has 7 heteroatoms. The zero-order chi connectivity index (χ0) is 14.5. The van der Waals surface area contributed by atoms with Gasteiger partial charge in [-0.25, -0.2) is 4.98 Å². The maximum atomic E-state index is 12.6. The minimum absolute atomic E-state index is 0.0742. The first-order valence-electron chi connectivity index (χ1n) is 5.80. The van der Waals surface area contributed by atoms with E-state index >= 15 is 0 Å². The molecule has 0 saturated carbocycles. The molecule has 2 aromatic rings. The molecule has 106 valence electrons. The van der Waals surface area contributed by atoms with Gasteiger partial charge in [-0.05, 0) is 6.07 Å². The molecule has 0 amide bonds. The summed E-state index contributed by atoms with van der Waals surface area (Å²) in [5.41, 5.74) is 0.482. The van der Waals surface area contributed by atoms with Crippen LogP contribution in [-0.4, -0.2) is 20.6 Å². The molecule has 0 unspecified atom stereocenters. The fourth-order valence-electron chi connectivity index (χ4n) is 1.73. The third kappa shape index (κ3) is 3.31. The van der Waals surface area contributed by atoms with Crippen LogP contribution in [0.2, 0.25) is 0 Å². The molecule has 1 N–H and O–H groups in total. The van der Waals surface area contributed by atoms with Gasteiger partial charge < -0.3 is 9.84 Å². The molecule has 2 rings (SSSR count). The van der Waals surface area contributed by atoms with Gasteiger partial charge >= 0.3 is 12.5 Å². The van der Waals surface area contributed by atoms with Crippen molar-refractivity contribution in [2.24, 2.45) is 0 Å². The van der Waals surface area contributed by atoms with E-state index in [1.54, 1.807) is 24.3 Å². The summed E-state index contributed by atoms with van der Waals surface area (Å²) in [6.45, 7) is -2.85. The molecule has 1 aromatic carbocycles. The van der Waals surface area contributed by atoms with E-state index in [4.69, 9.17) is 9.84 Å². The van der Waals surface area contributed by atoms with Crippen LogP contribution in [0.5, 0.6) is 5.75 Å². The Bertz CT molecular complexity index is 599. The Morgan fingerprint density at radius 3 is 2.85 bits per heavy atom. The Hall–Kier alpha value is -2.44. The van der Waals surface area contributed by atoms with Crippen molar-refractivity contribution in [3.8, 4) is 5.75 Å². The monoisotopic (exact) mass is 282 g/mol. The van der Waals surface area contributed by atoms with Crippen LogP contribution in [0.15, 0.2) is 36.7 Å². The summed E-state index contributed by atoms with van der Waals surface area (Å²) >= 11 is 0. The first kappa shape index (κ1) is 14.0. The van der Waals surface area contributed by atoms with Crippen molar-refractivity contribution in [3.05, 3.63) is 48.0 Å². The van der Waals surface area contributed by atoms with Gasteiger partial charge in [-0.1, -0.05) is 18.2 Å². The van der Waals surface area contributed by atoms with E-state index in [-0.39, 0.29) is 18.9 Å². The smallest absolute Gasteiger partial charge is 0.320 e. The van der Waals surface area contributed by atoms with Crippen LogP contribution in [0.4, 0.5) is 8.78 Å². The molecule has 5 nitrogen and oxygen atoms in total. The number of carboxylic acid groups (broad SMARTS) is 1. The number of rotatable bonds is 6. The number of aromatic nitrogens is 2. The molecule has 0 aliphatic carbocycles. The number of ether oxygens (including phenoxy) is 1. The number of hydrogen-bond acceptors (Lipinski definition) is 3. The Labute approximate surface area is 113 Å². The van der Waals surface area contributed by atoms with Crippen molar-refractivity contribution in [2.75, 3.05) is 0 Å². The highest BCUT2D eigenvalue weighted by Gasteiger charge is 2.13. The first-order valence-corrected chi connectivity index (χ1v) is 5.80. The molecule has 0 aliphatic rings. The van der Waals surface area contributed by atoms with Crippen molar-refractivity contribution >= 4 is 5.97 Å². The summed E-state index contributed by atoms with van der Waals surface area (Å²) in [6, 6.07) is 6.57. The van der Waals surface area contributed by atoms with Gasteiger partial charge in [0.1, 0.15) is 12.4 Å². The van der Waals surface area contributed by atoms with Crippen LogP contribution in [0.25, 0.3) is 0 Å².